The van der Waals surface area contributed by atoms with Gasteiger partial charge in [-0.05, 0) is 43.2 Å². The van der Waals surface area contributed by atoms with E-state index in [2.05, 4.69) is 15.0 Å². The number of nitrogens with zero attached hydrogens (tertiary/aromatic N) is 1. The van der Waals surface area contributed by atoms with Gasteiger partial charge in [0.05, 0.1) is 22.3 Å². The quantitative estimate of drug-likeness (QED) is 0.874. The monoisotopic (exact) mass is 335 g/mol. The number of carbonyl (C=O) groups is 1. The zero-order valence-corrected chi connectivity index (χ0v) is 12.8. The summed E-state index contributed by atoms with van der Waals surface area (Å²) in [7, 11) is -3.87. The second-order valence-electron chi connectivity index (χ2n) is 5.27. The van der Waals surface area contributed by atoms with E-state index in [9.17, 15) is 17.6 Å². The van der Waals surface area contributed by atoms with Crippen molar-refractivity contribution < 1.29 is 17.6 Å². The first-order valence-corrected chi connectivity index (χ1v) is 8.47. The molecule has 120 valence electrons. The Hall–Kier alpha value is -2.48. The summed E-state index contributed by atoms with van der Waals surface area (Å²) in [5.74, 6) is -0.813. The van der Waals surface area contributed by atoms with Gasteiger partial charge in [0.1, 0.15) is 5.82 Å². The van der Waals surface area contributed by atoms with Crippen LogP contribution >= 0.6 is 0 Å². The fourth-order valence-electron chi connectivity index (χ4n) is 1.94. The van der Waals surface area contributed by atoms with Crippen LogP contribution in [-0.4, -0.2) is 25.4 Å². The van der Waals surface area contributed by atoms with Crippen LogP contribution in [0.3, 0.4) is 0 Å². The molecule has 0 saturated heterocycles. The maximum atomic E-state index is 12.9. The van der Waals surface area contributed by atoms with Crippen molar-refractivity contribution in [3.63, 3.8) is 0 Å². The molecule has 0 unspecified atom stereocenters. The molecule has 8 heteroatoms. The standard InChI is InChI=1S/C15H14FN3O3S/c16-11-1-5-14(6-2-11)23(21,22)19-13-7-10(8-17-9-13)15(20)18-12-3-4-12/h1-2,5-9,12,19H,3-4H2,(H,18,20). The van der Waals surface area contributed by atoms with E-state index >= 15 is 0 Å². The SMILES string of the molecule is O=C(NC1CC1)c1cncc(NS(=O)(=O)c2ccc(F)cc2)c1. The summed E-state index contributed by atoms with van der Waals surface area (Å²) in [6.07, 6.45) is 4.58. The van der Waals surface area contributed by atoms with Crippen molar-refractivity contribution in [3.8, 4) is 0 Å². The maximum Gasteiger partial charge on any atom is 0.261 e. The molecular weight excluding hydrogens is 321 g/mol. The number of benzene rings is 1. The van der Waals surface area contributed by atoms with Crippen LogP contribution in [0.25, 0.3) is 0 Å². The van der Waals surface area contributed by atoms with Crippen LogP contribution in [0, 0.1) is 5.82 Å². The molecule has 3 rings (SSSR count). The minimum atomic E-state index is -3.87. The number of anilines is 1. The Morgan fingerprint density at radius 1 is 1.17 bits per heavy atom. The van der Waals surface area contributed by atoms with Gasteiger partial charge in [0.25, 0.3) is 15.9 Å². The van der Waals surface area contributed by atoms with Crippen molar-refractivity contribution in [3.05, 3.63) is 54.1 Å². The molecule has 1 aliphatic carbocycles. The number of sulfonamides is 1. The normalized spacial score (nSPS) is 14.3. The minimum Gasteiger partial charge on any atom is -0.349 e. The number of nitrogens with one attached hydrogen (secondary N) is 2. The van der Waals surface area contributed by atoms with Crippen molar-refractivity contribution in [2.24, 2.45) is 0 Å². The third-order valence-electron chi connectivity index (χ3n) is 3.29. The van der Waals surface area contributed by atoms with Crippen molar-refractivity contribution >= 4 is 21.6 Å². The molecule has 0 atom stereocenters. The van der Waals surface area contributed by atoms with Crippen molar-refractivity contribution in [2.75, 3.05) is 4.72 Å². The summed E-state index contributed by atoms with van der Waals surface area (Å²) >= 11 is 0. The summed E-state index contributed by atoms with van der Waals surface area (Å²) < 4.78 is 39.6. The molecule has 1 fully saturated rings. The molecule has 1 amide bonds. The van der Waals surface area contributed by atoms with Crippen LogP contribution in [0.4, 0.5) is 10.1 Å². The van der Waals surface area contributed by atoms with Crippen molar-refractivity contribution in [2.45, 2.75) is 23.8 Å². The van der Waals surface area contributed by atoms with Gasteiger partial charge in [-0.15, -0.1) is 0 Å². The smallest absolute Gasteiger partial charge is 0.261 e. The number of halogens is 1. The predicted molar refractivity (Wildman–Crippen MR) is 81.9 cm³/mol. The number of carbonyl (C=O) groups excluding carboxylic acids is 1. The fourth-order valence-corrected chi connectivity index (χ4v) is 2.98. The fraction of sp³-hybridized carbons (Fsp3) is 0.200. The van der Waals surface area contributed by atoms with Crippen molar-refractivity contribution in [1.29, 1.82) is 0 Å². The largest absolute Gasteiger partial charge is 0.349 e. The molecule has 2 aromatic rings. The first kappa shape index (κ1) is 15.4. The average Bonchev–Trinajstić information content (AvgIpc) is 3.31. The van der Waals surface area contributed by atoms with Gasteiger partial charge in [0, 0.05) is 12.2 Å². The highest BCUT2D eigenvalue weighted by Gasteiger charge is 2.24. The van der Waals surface area contributed by atoms with E-state index < -0.39 is 15.8 Å². The highest BCUT2D eigenvalue weighted by atomic mass is 32.2. The lowest BCUT2D eigenvalue weighted by atomic mass is 10.2. The van der Waals surface area contributed by atoms with Gasteiger partial charge in [0.2, 0.25) is 0 Å². The molecule has 1 aromatic heterocycles. The predicted octanol–water partition coefficient (Wildman–Crippen LogP) is 1.91. The van der Waals surface area contributed by atoms with E-state index in [1.165, 1.54) is 18.5 Å². The first-order valence-electron chi connectivity index (χ1n) is 6.98. The lowest BCUT2D eigenvalue weighted by molar-refractivity contribution is 0.0950. The van der Waals surface area contributed by atoms with Crippen LogP contribution in [-0.2, 0) is 10.0 Å². The third kappa shape index (κ3) is 3.84. The molecule has 1 aromatic carbocycles. The van der Waals surface area contributed by atoms with E-state index in [4.69, 9.17) is 0 Å². The molecular formula is C15H14FN3O3S. The molecule has 0 bridgehead atoms. The molecule has 0 spiro atoms. The van der Waals surface area contributed by atoms with Gasteiger partial charge in [-0.2, -0.15) is 0 Å². The maximum absolute atomic E-state index is 12.9. The summed E-state index contributed by atoms with van der Waals surface area (Å²) in [5, 5.41) is 2.80. The summed E-state index contributed by atoms with van der Waals surface area (Å²) in [5.41, 5.74) is 0.439. The Labute approximate surface area is 132 Å². The highest BCUT2D eigenvalue weighted by molar-refractivity contribution is 7.92. The Morgan fingerprint density at radius 3 is 2.52 bits per heavy atom. The lowest BCUT2D eigenvalue weighted by Gasteiger charge is -2.09. The zero-order valence-electron chi connectivity index (χ0n) is 12.0. The molecule has 23 heavy (non-hydrogen) atoms. The van der Waals surface area contributed by atoms with E-state index in [-0.39, 0.29) is 28.1 Å². The number of amides is 1. The number of rotatable bonds is 5. The molecule has 1 heterocycles. The van der Waals surface area contributed by atoms with Crippen LogP contribution < -0.4 is 10.0 Å². The summed E-state index contributed by atoms with van der Waals surface area (Å²) in [4.78, 5) is 15.8. The Morgan fingerprint density at radius 2 is 1.87 bits per heavy atom. The van der Waals surface area contributed by atoms with E-state index in [1.807, 2.05) is 0 Å². The molecule has 0 radical (unpaired) electrons. The van der Waals surface area contributed by atoms with Gasteiger partial charge in [0.15, 0.2) is 0 Å². The molecule has 2 N–H and O–H groups in total. The van der Waals surface area contributed by atoms with E-state index in [1.54, 1.807) is 0 Å². The summed E-state index contributed by atoms with van der Waals surface area (Å²) in [6.45, 7) is 0. The average molecular weight is 335 g/mol. The molecule has 1 aliphatic rings. The van der Waals surface area contributed by atoms with Crippen LogP contribution in [0.1, 0.15) is 23.2 Å². The van der Waals surface area contributed by atoms with Gasteiger partial charge in [-0.25, -0.2) is 12.8 Å². The Bertz CT molecular complexity index is 833. The minimum absolute atomic E-state index is 0.0771. The Balaban J connectivity index is 1.79. The second kappa shape index (κ2) is 5.96. The number of pyridine rings is 1. The van der Waals surface area contributed by atoms with Gasteiger partial charge in [-0.1, -0.05) is 0 Å². The Kier molecular flexibility index (Phi) is 3.99. The number of hydrogen-bond acceptors (Lipinski definition) is 4. The van der Waals surface area contributed by atoms with E-state index in [0.29, 0.717) is 0 Å². The lowest BCUT2D eigenvalue weighted by Crippen LogP contribution is -2.25. The van der Waals surface area contributed by atoms with E-state index in [0.717, 1.165) is 37.1 Å². The second-order valence-corrected chi connectivity index (χ2v) is 6.95. The number of aromatic nitrogens is 1. The summed E-state index contributed by atoms with van der Waals surface area (Å²) in [6, 6.07) is 6.05. The van der Waals surface area contributed by atoms with Gasteiger partial charge in [-0.3, -0.25) is 14.5 Å². The van der Waals surface area contributed by atoms with Gasteiger partial charge >= 0.3 is 0 Å². The topological polar surface area (TPSA) is 88.2 Å². The molecule has 1 saturated carbocycles. The zero-order chi connectivity index (χ0) is 16.4. The third-order valence-corrected chi connectivity index (χ3v) is 4.69. The van der Waals surface area contributed by atoms with Crippen LogP contribution in [0.2, 0.25) is 0 Å². The number of hydrogen-bond donors (Lipinski definition) is 2. The molecule has 0 aliphatic heterocycles. The van der Waals surface area contributed by atoms with Gasteiger partial charge < -0.3 is 5.32 Å². The molecule has 6 nitrogen and oxygen atoms in total. The van der Waals surface area contributed by atoms with Crippen LogP contribution in [0.5, 0.6) is 0 Å². The first-order chi connectivity index (χ1) is 10.9. The van der Waals surface area contributed by atoms with Crippen molar-refractivity contribution in [1.82, 2.24) is 10.3 Å². The highest BCUT2D eigenvalue weighted by Crippen LogP contribution is 2.20. The van der Waals surface area contributed by atoms with Crippen LogP contribution in [0.15, 0.2) is 47.6 Å².